The number of halogens is 1. The summed E-state index contributed by atoms with van der Waals surface area (Å²) < 4.78 is 10.5. The summed E-state index contributed by atoms with van der Waals surface area (Å²) in [6.45, 7) is -1.28. The van der Waals surface area contributed by atoms with Gasteiger partial charge in [-0.2, -0.15) is 0 Å². The van der Waals surface area contributed by atoms with E-state index in [4.69, 9.17) is 9.47 Å². The normalized spacial score (nSPS) is 35.3. The van der Waals surface area contributed by atoms with Crippen molar-refractivity contribution in [2.24, 2.45) is 4.99 Å². The topological polar surface area (TPSA) is 208 Å². The number of hydrogen-bond acceptors (Lipinski definition) is 11. The third kappa shape index (κ3) is 6.58. The number of aliphatic imine (C=N–C) groups is 1. The highest BCUT2D eigenvalue weighted by Gasteiger charge is 2.51. The summed E-state index contributed by atoms with van der Waals surface area (Å²) in [4.78, 5) is 5.65. The molecule has 35 heavy (non-hydrogen) atoms. The van der Waals surface area contributed by atoms with Gasteiger partial charge in [0.1, 0.15) is 36.6 Å². The van der Waals surface area contributed by atoms with E-state index in [1.807, 2.05) is 30.3 Å². The van der Waals surface area contributed by atoms with Gasteiger partial charge in [0, 0.05) is 13.7 Å². The Morgan fingerprint density at radius 2 is 1.74 bits per heavy atom. The maximum atomic E-state index is 10.4. The van der Waals surface area contributed by atoms with Crippen molar-refractivity contribution in [1.82, 2.24) is 10.2 Å². The van der Waals surface area contributed by atoms with Crippen molar-refractivity contribution in [2.75, 3.05) is 26.8 Å². The molecule has 200 valence electrons. The van der Waals surface area contributed by atoms with E-state index < -0.39 is 67.9 Å². The van der Waals surface area contributed by atoms with Gasteiger partial charge in [-0.05, 0) is 5.56 Å². The molecule has 0 amide bonds. The maximum Gasteiger partial charge on any atom is 0.210 e. The first-order valence-electron chi connectivity index (χ1n) is 10.8. The van der Waals surface area contributed by atoms with Gasteiger partial charge < -0.3 is 60.5 Å². The van der Waals surface area contributed by atoms with Crippen LogP contribution < -0.4 is 5.32 Å². The maximum absolute atomic E-state index is 10.4. The van der Waals surface area contributed by atoms with Crippen LogP contribution in [0.15, 0.2) is 35.3 Å². The second kappa shape index (κ2) is 12.6. The predicted octanol–water partition coefficient (Wildman–Crippen LogP) is -3.91. The number of rotatable bonds is 6. The smallest absolute Gasteiger partial charge is 0.210 e. The first-order valence-corrected chi connectivity index (χ1v) is 10.8. The zero-order valence-corrected chi connectivity index (χ0v) is 19.8. The summed E-state index contributed by atoms with van der Waals surface area (Å²) in [5, 5.41) is 84.0. The molecule has 0 saturated carbocycles. The van der Waals surface area contributed by atoms with Gasteiger partial charge in [-0.15, -0.1) is 12.4 Å². The third-order valence-corrected chi connectivity index (χ3v) is 6.07. The molecule has 9 N–H and O–H groups in total. The lowest BCUT2D eigenvalue weighted by molar-refractivity contribution is -0.288. The molecule has 14 heteroatoms. The number of β-amino-alcohol motifs (C(OH)–C–C–N with tert-alkyl or cyclic N) is 2. The van der Waals surface area contributed by atoms with Crippen LogP contribution in [0.25, 0.3) is 0 Å². The minimum absolute atomic E-state index is 0. The first-order chi connectivity index (χ1) is 16.1. The fourth-order valence-electron chi connectivity index (χ4n) is 4.04. The van der Waals surface area contributed by atoms with Crippen LogP contribution in [0.4, 0.5) is 0 Å². The molecule has 13 nitrogen and oxygen atoms in total. The molecule has 3 rings (SSSR count). The fourth-order valence-corrected chi connectivity index (χ4v) is 4.04. The van der Waals surface area contributed by atoms with E-state index in [9.17, 15) is 40.9 Å². The van der Waals surface area contributed by atoms with E-state index >= 15 is 0 Å². The van der Waals surface area contributed by atoms with E-state index in [2.05, 4.69) is 10.3 Å². The molecule has 2 heterocycles. The van der Waals surface area contributed by atoms with Gasteiger partial charge in [-0.25, -0.2) is 4.99 Å². The van der Waals surface area contributed by atoms with Crippen molar-refractivity contribution in [3.8, 4) is 0 Å². The number of benzene rings is 1. The number of ether oxygens (including phenoxy) is 2. The number of likely N-dealkylation sites (tertiary alicyclic amines) is 1. The zero-order chi connectivity index (χ0) is 25.0. The molecular weight excluding hydrogens is 490 g/mol. The molecule has 0 spiro atoms. The molecule has 2 aliphatic heterocycles. The van der Waals surface area contributed by atoms with E-state index in [1.54, 1.807) is 0 Å². The first kappa shape index (κ1) is 29.6. The van der Waals surface area contributed by atoms with Crippen LogP contribution in [-0.2, 0) is 16.0 Å². The molecule has 0 aromatic heterocycles. The molecule has 0 aliphatic carbocycles. The second-order valence-electron chi connectivity index (χ2n) is 8.45. The Morgan fingerprint density at radius 1 is 1.09 bits per heavy atom. The molecular formula is C21H34ClN3O10. The Balaban J connectivity index is 0.00000432. The van der Waals surface area contributed by atoms with Crippen LogP contribution >= 0.6 is 12.4 Å². The van der Waals surface area contributed by atoms with Gasteiger partial charge in [-0.3, -0.25) is 0 Å². The van der Waals surface area contributed by atoms with Gasteiger partial charge in [0.25, 0.3) is 0 Å². The number of methoxy groups -OCH3 is 1. The summed E-state index contributed by atoms with van der Waals surface area (Å²) >= 11 is 0. The molecule has 1 aromatic rings. The summed E-state index contributed by atoms with van der Waals surface area (Å²) in [5.74, 6) is -2.70. The summed E-state index contributed by atoms with van der Waals surface area (Å²) in [6.07, 6.45) is -10.4. The molecule has 0 bridgehead atoms. The second-order valence-corrected chi connectivity index (χ2v) is 8.45. The third-order valence-electron chi connectivity index (χ3n) is 6.07. The summed E-state index contributed by atoms with van der Waals surface area (Å²) in [5.41, 5.74) is 0.811. The van der Waals surface area contributed by atoms with Gasteiger partial charge in [0.2, 0.25) is 5.79 Å². The van der Waals surface area contributed by atoms with E-state index in [0.29, 0.717) is 0 Å². The lowest BCUT2D eigenvalue weighted by Crippen LogP contribution is -2.71. The average molecular weight is 524 g/mol. The van der Waals surface area contributed by atoms with E-state index in [0.717, 1.165) is 5.56 Å². The standard InChI is InChI=1S/C21H33N3O10.ClH/c1-33-19-17(29)16(28)15(27)13(34-19)8-23-20(22-7-11-5-3-2-4-6-11)24-10-21(31,32)18(30)14(26)12(24)9-25;/h2-6,12-19,25-32H,7-10H2,1H3,(H,22,23);1H/t12-,13+,14+,15+,16-,17+,18-,19-;/m0./s1. The number of aliphatic hydroxyl groups is 8. The minimum atomic E-state index is -2.71. The quantitative estimate of drug-likeness (QED) is 0.0995. The van der Waals surface area contributed by atoms with E-state index in [1.165, 1.54) is 12.0 Å². The number of nitrogens with zero attached hydrogens (tertiary/aromatic N) is 2. The van der Waals surface area contributed by atoms with Gasteiger partial charge in [0.15, 0.2) is 12.2 Å². The Labute approximate surface area is 208 Å². The Hall–Kier alpha value is -1.62. The van der Waals surface area contributed by atoms with Crippen LogP contribution in [0.2, 0.25) is 0 Å². The predicted molar refractivity (Wildman–Crippen MR) is 123 cm³/mol. The number of piperidine rings is 1. The van der Waals surface area contributed by atoms with Crippen molar-refractivity contribution in [3.05, 3.63) is 35.9 Å². The average Bonchev–Trinajstić information content (AvgIpc) is 2.83. The molecule has 0 radical (unpaired) electrons. The van der Waals surface area contributed by atoms with Crippen molar-refractivity contribution in [1.29, 1.82) is 0 Å². The molecule has 2 saturated heterocycles. The Bertz CT molecular complexity index is 818. The van der Waals surface area contributed by atoms with Crippen LogP contribution in [0, 0.1) is 0 Å². The molecule has 2 fully saturated rings. The van der Waals surface area contributed by atoms with Crippen LogP contribution in [0.3, 0.4) is 0 Å². The number of aliphatic hydroxyl groups excluding tert-OH is 6. The number of nitrogens with one attached hydrogen (secondary N) is 1. The molecule has 8 atom stereocenters. The fraction of sp³-hybridized carbons (Fsp3) is 0.667. The highest BCUT2D eigenvalue weighted by molar-refractivity contribution is 5.85. The van der Waals surface area contributed by atoms with Gasteiger partial charge in [-0.1, -0.05) is 30.3 Å². The molecule has 2 aliphatic rings. The number of guanidine groups is 1. The van der Waals surface area contributed by atoms with Crippen molar-refractivity contribution < 1.29 is 50.3 Å². The highest BCUT2D eigenvalue weighted by Crippen LogP contribution is 2.26. The number of hydrogen-bond donors (Lipinski definition) is 9. The lowest BCUT2D eigenvalue weighted by Gasteiger charge is -2.48. The Morgan fingerprint density at radius 3 is 2.34 bits per heavy atom. The Kier molecular flexibility index (Phi) is 10.6. The van der Waals surface area contributed by atoms with Crippen LogP contribution in [0.1, 0.15) is 5.56 Å². The summed E-state index contributed by atoms with van der Waals surface area (Å²) in [6, 6.07) is 7.95. The van der Waals surface area contributed by atoms with Gasteiger partial charge >= 0.3 is 0 Å². The molecule has 0 unspecified atom stereocenters. The van der Waals surface area contributed by atoms with Crippen LogP contribution in [-0.4, -0.2) is 133 Å². The van der Waals surface area contributed by atoms with Crippen molar-refractivity contribution in [3.63, 3.8) is 0 Å². The summed E-state index contributed by atoms with van der Waals surface area (Å²) in [7, 11) is 1.27. The van der Waals surface area contributed by atoms with Crippen molar-refractivity contribution in [2.45, 2.75) is 61.3 Å². The minimum Gasteiger partial charge on any atom is -0.394 e. The van der Waals surface area contributed by atoms with E-state index in [-0.39, 0.29) is 31.5 Å². The van der Waals surface area contributed by atoms with Crippen molar-refractivity contribution >= 4 is 18.4 Å². The zero-order valence-electron chi connectivity index (χ0n) is 19.0. The highest BCUT2D eigenvalue weighted by atomic mass is 35.5. The monoisotopic (exact) mass is 523 g/mol. The lowest BCUT2D eigenvalue weighted by atomic mass is 9.92. The van der Waals surface area contributed by atoms with Crippen LogP contribution in [0.5, 0.6) is 0 Å². The molecule has 1 aromatic carbocycles. The van der Waals surface area contributed by atoms with Gasteiger partial charge in [0.05, 0.1) is 25.7 Å². The largest absolute Gasteiger partial charge is 0.394 e. The SMILES string of the molecule is CO[C@H]1O[C@H](CNC(=NCc2ccccc2)N2CC(O)(O)[C@@H](O)[C@H](O)[C@@H]2CO)[C@@H](O)[C@H](O)[C@H]1O.Cl.